The van der Waals surface area contributed by atoms with Crippen LogP contribution in [0.3, 0.4) is 0 Å². The number of carbonyl (C=O) groups is 2. The van der Waals surface area contributed by atoms with Gasteiger partial charge in [-0.1, -0.05) is 306 Å². The molecule has 8 aromatic carbocycles. The zero-order valence-electron chi connectivity index (χ0n) is 62.4. The fourth-order valence-corrected chi connectivity index (χ4v) is 21.2. The van der Waals surface area contributed by atoms with Gasteiger partial charge in [-0.05, 0) is 135 Å². The second-order valence-corrected chi connectivity index (χ2v) is 32.1. The van der Waals surface area contributed by atoms with Gasteiger partial charge in [0.15, 0.2) is 0 Å². The van der Waals surface area contributed by atoms with E-state index in [4.69, 9.17) is 30.7 Å². The van der Waals surface area contributed by atoms with Crippen LogP contribution in [0.1, 0.15) is 183 Å². The first-order valence-corrected chi connectivity index (χ1v) is 40.3. The Morgan fingerprint density at radius 1 is 0.248 bits per heavy atom. The molecule has 6 saturated heterocycles. The summed E-state index contributed by atoms with van der Waals surface area (Å²) in [5, 5.41) is 40.4. The molecule has 0 radical (unpaired) electrons. The van der Waals surface area contributed by atoms with Gasteiger partial charge >= 0.3 is 50.9 Å². The van der Waals surface area contributed by atoms with Crippen molar-refractivity contribution in [3.8, 4) is 0 Å². The number of hydrogen-bond acceptors (Lipinski definition) is 8. The van der Waals surface area contributed by atoms with Crippen LogP contribution in [-0.4, -0.2) is 122 Å². The number of unbranched alkanes of at least 4 members (excludes halogenated alkanes) is 2. The third-order valence-corrected chi connectivity index (χ3v) is 26.0. The summed E-state index contributed by atoms with van der Waals surface area (Å²) >= 11 is 0. The summed E-state index contributed by atoms with van der Waals surface area (Å²) < 4.78 is 11.9. The van der Waals surface area contributed by atoms with E-state index in [1.54, 1.807) is 0 Å². The van der Waals surface area contributed by atoms with Crippen LogP contribution in [0.15, 0.2) is 279 Å². The zero-order chi connectivity index (χ0) is 71.6. The van der Waals surface area contributed by atoms with E-state index >= 15 is 0 Å². The minimum Gasteiger partial charge on any atom is -0.656 e. The summed E-state index contributed by atoms with van der Waals surface area (Å²) in [6.07, 6.45) is 29.6. The third kappa shape index (κ3) is 16.1. The van der Waals surface area contributed by atoms with Crippen molar-refractivity contribution in [2.45, 2.75) is 215 Å². The molecule has 16 bridgehead atoms. The predicted octanol–water partition coefficient (Wildman–Crippen LogP) is 18.0. The molecule has 10 aliphatic heterocycles. The fraction of sp³-hybridized carbons (Fsp3) is 0.389. The molecule has 4 N–H and O–H groups in total. The van der Waals surface area contributed by atoms with Gasteiger partial charge < -0.3 is 52.0 Å². The van der Waals surface area contributed by atoms with E-state index in [1.807, 2.05) is 24.3 Å². The fourth-order valence-electron chi connectivity index (χ4n) is 21.2. The summed E-state index contributed by atoms with van der Waals surface area (Å²) in [6.45, 7) is 0.552. The minimum atomic E-state index is -0.336. The second-order valence-electron chi connectivity index (χ2n) is 32.1. The second kappa shape index (κ2) is 34.7. The Labute approximate surface area is 670 Å². The maximum Gasteiger partial charge on any atom is 2.00 e. The van der Waals surface area contributed by atoms with Gasteiger partial charge in [-0.2, -0.15) is 0 Å². The van der Waals surface area contributed by atoms with Crippen LogP contribution in [0, 0.1) is 0 Å². The van der Waals surface area contributed by atoms with Crippen LogP contribution in [0.25, 0.3) is 21.3 Å². The maximum atomic E-state index is 13.8. The Hall–Kier alpha value is -7.41. The molecular formula is C95H100N8O4Zn2. The maximum absolute atomic E-state index is 13.8. The van der Waals surface area contributed by atoms with Gasteiger partial charge in [0.25, 0.3) is 0 Å². The van der Waals surface area contributed by atoms with Gasteiger partial charge in [-0.15, -0.1) is 48.3 Å². The zero-order valence-corrected chi connectivity index (χ0v) is 68.4. The summed E-state index contributed by atoms with van der Waals surface area (Å²) in [6, 6.07) is 84.5. The van der Waals surface area contributed by atoms with Crippen molar-refractivity contribution in [1.82, 2.24) is 21.3 Å². The largest absolute Gasteiger partial charge is 2.00 e. The molecule has 18 rings (SSSR count). The minimum absolute atomic E-state index is 0. The first kappa shape index (κ1) is 75.6. The van der Waals surface area contributed by atoms with Gasteiger partial charge in [0.2, 0.25) is 0 Å². The Balaban J connectivity index is 0.00000452. The number of hydrogen-bond donors (Lipinski definition) is 4. The van der Waals surface area contributed by atoms with Gasteiger partial charge in [-0.3, -0.25) is 0 Å². The van der Waals surface area contributed by atoms with Crippen molar-refractivity contribution in [3.63, 3.8) is 0 Å². The van der Waals surface area contributed by atoms with Crippen LogP contribution in [-0.2, 0) is 48.4 Å². The van der Waals surface area contributed by atoms with Crippen molar-refractivity contribution in [2.75, 3.05) is 13.2 Å². The molecule has 0 saturated carbocycles. The van der Waals surface area contributed by atoms with E-state index in [1.165, 1.54) is 44.5 Å². The van der Waals surface area contributed by atoms with E-state index in [0.717, 1.165) is 57.8 Å². The first-order chi connectivity index (χ1) is 52.9. The molecule has 109 heavy (non-hydrogen) atoms. The monoisotopic (exact) mass is 1540 g/mol. The third-order valence-electron chi connectivity index (χ3n) is 26.0. The average molecular weight is 1550 g/mol. The van der Waals surface area contributed by atoms with E-state index in [0.29, 0.717) is 24.0 Å². The number of fused-ring (bicyclic) bond motifs is 16. The van der Waals surface area contributed by atoms with Crippen molar-refractivity contribution in [3.05, 3.63) is 356 Å². The molecule has 10 aliphatic rings. The van der Waals surface area contributed by atoms with Crippen LogP contribution >= 0.6 is 0 Å². The molecule has 548 valence electrons. The van der Waals surface area contributed by atoms with E-state index in [-0.39, 0.29) is 208 Å². The summed E-state index contributed by atoms with van der Waals surface area (Å²) in [5.74, 6) is 0.464. The normalized spacial score (nSPS) is 34.0. The Kier molecular flexibility index (Phi) is 24.1. The summed E-state index contributed by atoms with van der Waals surface area (Å²) in [5.41, 5.74) is 11.4. The molecule has 6 fully saturated rings. The van der Waals surface area contributed by atoms with E-state index in [2.05, 4.69) is 276 Å². The molecule has 12 nitrogen and oxygen atoms in total. The molecular weight excluding hydrogens is 1450 g/mol. The van der Waals surface area contributed by atoms with E-state index < -0.39 is 0 Å². The van der Waals surface area contributed by atoms with Crippen LogP contribution in [0.4, 0.5) is 0 Å². The summed E-state index contributed by atoms with van der Waals surface area (Å²) in [7, 11) is 0. The van der Waals surface area contributed by atoms with Crippen molar-refractivity contribution in [2.24, 2.45) is 0 Å². The number of benzene rings is 8. The Bertz CT molecular complexity index is 4070. The van der Waals surface area contributed by atoms with Crippen molar-refractivity contribution in [1.29, 1.82) is 0 Å². The van der Waals surface area contributed by atoms with Gasteiger partial charge in [0.1, 0.15) is 0 Å². The van der Waals surface area contributed by atoms with E-state index in [9.17, 15) is 9.59 Å². The van der Waals surface area contributed by atoms with Crippen molar-refractivity contribution < 1.29 is 58.0 Å². The first-order valence-electron chi connectivity index (χ1n) is 40.3. The van der Waals surface area contributed by atoms with Gasteiger partial charge in [-0.25, -0.2) is 9.59 Å². The smallest absolute Gasteiger partial charge is 0.656 e. The van der Waals surface area contributed by atoms with Crippen LogP contribution < -0.4 is 21.3 Å². The quantitative estimate of drug-likeness (QED) is 0.0322. The average Bonchev–Trinajstić information content (AvgIpc) is 1.62. The van der Waals surface area contributed by atoms with Gasteiger partial charge in [0, 0.05) is 48.3 Å². The van der Waals surface area contributed by atoms with Crippen molar-refractivity contribution >= 4 is 11.9 Å². The number of ether oxygens (including phenoxy) is 2. The van der Waals surface area contributed by atoms with Gasteiger partial charge in [0.05, 0.1) is 24.3 Å². The molecule has 0 aromatic heterocycles. The number of carbonyl (C=O) groups excluding carboxylic acids is 2. The summed E-state index contributed by atoms with van der Waals surface area (Å²) in [4.78, 5) is 27.7. The SMILES string of the molecule is O=C(OCCCCCOC(=O)c1ccc(C2C3CCC([N-]3)C(c3ccccc3)C3C=CC(N3)C(c3ccccc3)C3CCC([N-]3)C(c3ccccc3)C3C=CC2N3)cc1)c1ccc(C2C3CCC([N-]3)C(c3ccccc3)C3C=CC(N3)C(c3ccccc3)C3CCC([N-]3)C(c3ccccc3)C3C=CC2N3)cc1.[Zn+2].[Zn+2]. The predicted molar refractivity (Wildman–Crippen MR) is 428 cm³/mol. The molecule has 0 aliphatic carbocycles. The number of nitrogens with zero attached hydrogens (tertiary/aromatic N) is 4. The molecule has 24 atom stereocenters. The number of rotatable bonds is 16. The number of esters is 2. The Morgan fingerprint density at radius 2 is 0.422 bits per heavy atom. The molecule has 0 spiro atoms. The number of nitrogens with one attached hydrogen (secondary N) is 4. The molecule has 10 heterocycles. The van der Waals surface area contributed by atoms with Crippen LogP contribution in [0.5, 0.6) is 0 Å². The van der Waals surface area contributed by atoms with Crippen LogP contribution in [0.2, 0.25) is 0 Å². The topological polar surface area (TPSA) is 157 Å². The molecule has 8 aromatic rings. The molecule has 24 unspecified atom stereocenters. The molecule has 14 heteroatoms. The Morgan fingerprint density at radius 3 is 0.606 bits per heavy atom. The standard InChI is InChI=1S/C95H100N8O4.2Zn/c104-94(68-38-34-66(35-39-68)92-82-54-50-78(100-82)88(62-26-12-3-13-27-62)74-46-42-70(96-74)86(60-22-8-1-9-23-60)71-43-47-75(97-71)89(63-28-14-4-15-29-63)79-51-55-83(92)101-79)106-58-20-7-21-59-107-95(105)69-40-36-67(37-41-69)93-84-56-52-80(102-84)90(64-30-16-5-17-31-64)76-48-44-72(98-76)87(61-24-10-2-11-25-61)73-45-49-77(99-73)91(65-32-18-6-19-33-65)81-53-57-85(93)103-81;;/h1-6,8-19,22-42,44,46,48,51,53,55,57,70-93,96,98,101,103H,7,20-21,43,45,47,49-50,52,54,56,58-59H2;;/q-4;2*+2. The molecule has 0 amide bonds.